The molecule has 2 rings (SSSR count). The molecule has 2 heteroatoms. The number of ketones is 1. The molecule has 2 saturated carbocycles. The fraction of sp³-hybridized carbons (Fsp3) is 0.727. The van der Waals surface area contributed by atoms with Crippen LogP contribution in [0.1, 0.15) is 27.2 Å². The molecule has 0 aliphatic heterocycles. The van der Waals surface area contributed by atoms with Crippen molar-refractivity contribution in [2.45, 2.75) is 27.2 Å². The summed E-state index contributed by atoms with van der Waals surface area (Å²) >= 11 is 0. The molecule has 0 saturated heterocycles. The normalized spacial score (nSPS) is 45.8. The van der Waals surface area contributed by atoms with Gasteiger partial charge < -0.3 is 5.11 Å². The summed E-state index contributed by atoms with van der Waals surface area (Å²) in [7, 11) is 0. The summed E-state index contributed by atoms with van der Waals surface area (Å²) in [5.41, 5.74) is 0.714. The highest BCUT2D eigenvalue weighted by Gasteiger charge is 2.68. The van der Waals surface area contributed by atoms with Crippen LogP contribution in [0.15, 0.2) is 11.8 Å². The van der Waals surface area contributed by atoms with Gasteiger partial charge in [-0.15, -0.1) is 0 Å². The summed E-state index contributed by atoms with van der Waals surface area (Å²) in [5.74, 6) is 1.25. The molecule has 2 aliphatic rings. The predicted molar refractivity (Wildman–Crippen MR) is 50.3 cm³/mol. The summed E-state index contributed by atoms with van der Waals surface area (Å²) in [6.07, 6.45) is 2.13. The SMILES string of the molecule is CC1C(=O)/C(=C\O)C2(C(C)C)CC12. The van der Waals surface area contributed by atoms with E-state index < -0.39 is 0 Å². The largest absolute Gasteiger partial charge is 0.515 e. The van der Waals surface area contributed by atoms with Crippen LogP contribution in [0.2, 0.25) is 0 Å². The fourth-order valence-corrected chi connectivity index (χ4v) is 3.05. The first-order valence-electron chi connectivity index (χ1n) is 4.94. The Hall–Kier alpha value is -0.790. The van der Waals surface area contributed by atoms with Crippen LogP contribution in [0.25, 0.3) is 0 Å². The standard InChI is InChI=1S/C11H16O2/c1-6(2)11-4-8(11)7(3)10(13)9(11)5-12/h5-8,12H,4H2,1-3H3/b9-5+. The molecule has 0 aromatic carbocycles. The van der Waals surface area contributed by atoms with Gasteiger partial charge in [0.25, 0.3) is 0 Å². The maximum atomic E-state index is 11.7. The molecule has 13 heavy (non-hydrogen) atoms. The van der Waals surface area contributed by atoms with Crippen molar-refractivity contribution in [3.8, 4) is 0 Å². The molecule has 72 valence electrons. The Labute approximate surface area is 78.6 Å². The smallest absolute Gasteiger partial charge is 0.165 e. The minimum absolute atomic E-state index is 0.0330. The van der Waals surface area contributed by atoms with Crippen molar-refractivity contribution >= 4 is 5.78 Å². The molecule has 0 spiro atoms. The number of hydrogen-bond donors (Lipinski definition) is 1. The van der Waals surface area contributed by atoms with E-state index in [1.54, 1.807) is 0 Å². The average Bonchev–Trinajstić information content (AvgIpc) is 2.76. The first kappa shape index (κ1) is 8.79. The van der Waals surface area contributed by atoms with Crippen LogP contribution in [0.5, 0.6) is 0 Å². The van der Waals surface area contributed by atoms with Gasteiger partial charge in [0.1, 0.15) is 0 Å². The monoisotopic (exact) mass is 180 g/mol. The van der Waals surface area contributed by atoms with Crippen molar-refractivity contribution in [1.82, 2.24) is 0 Å². The molecule has 0 aromatic heterocycles. The topological polar surface area (TPSA) is 37.3 Å². The van der Waals surface area contributed by atoms with E-state index in [1.165, 1.54) is 0 Å². The van der Waals surface area contributed by atoms with Crippen molar-refractivity contribution in [2.75, 3.05) is 0 Å². The third kappa shape index (κ3) is 0.812. The number of aliphatic hydroxyl groups excluding tert-OH is 1. The maximum absolute atomic E-state index is 11.7. The number of hydrogen-bond acceptors (Lipinski definition) is 2. The van der Waals surface area contributed by atoms with Crippen LogP contribution < -0.4 is 0 Å². The second kappa shape index (κ2) is 2.37. The number of Topliss-reactive ketones (excluding diaryl/α,β-unsaturated/α-hetero) is 1. The molecular weight excluding hydrogens is 164 g/mol. The molecule has 0 aromatic rings. The zero-order valence-corrected chi connectivity index (χ0v) is 8.37. The molecule has 3 atom stereocenters. The van der Waals surface area contributed by atoms with E-state index >= 15 is 0 Å². The van der Waals surface area contributed by atoms with E-state index in [1.807, 2.05) is 6.92 Å². The molecule has 0 bridgehead atoms. The van der Waals surface area contributed by atoms with Crippen molar-refractivity contribution in [3.05, 3.63) is 11.8 Å². The number of carbonyl (C=O) groups is 1. The van der Waals surface area contributed by atoms with E-state index in [9.17, 15) is 4.79 Å². The highest BCUT2D eigenvalue weighted by molar-refractivity contribution is 6.02. The zero-order chi connectivity index (χ0) is 9.80. The van der Waals surface area contributed by atoms with E-state index in [4.69, 9.17) is 5.11 Å². The first-order valence-corrected chi connectivity index (χ1v) is 4.94. The lowest BCUT2D eigenvalue weighted by molar-refractivity contribution is -0.118. The molecule has 2 fully saturated rings. The van der Waals surface area contributed by atoms with Crippen LogP contribution in [-0.2, 0) is 4.79 Å². The van der Waals surface area contributed by atoms with Gasteiger partial charge in [0.15, 0.2) is 5.78 Å². The van der Waals surface area contributed by atoms with Crippen molar-refractivity contribution < 1.29 is 9.90 Å². The third-order valence-corrected chi connectivity index (χ3v) is 4.00. The lowest BCUT2D eigenvalue weighted by Crippen LogP contribution is -2.15. The van der Waals surface area contributed by atoms with Crippen molar-refractivity contribution in [2.24, 2.45) is 23.2 Å². The van der Waals surface area contributed by atoms with Crippen LogP contribution >= 0.6 is 0 Å². The predicted octanol–water partition coefficient (Wildman–Crippen LogP) is 2.31. The zero-order valence-electron chi connectivity index (χ0n) is 8.37. The Kier molecular flexibility index (Phi) is 1.60. The summed E-state index contributed by atoms with van der Waals surface area (Å²) in [6, 6.07) is 0. The second-order valence-electron chi connectivity index (χ2n) is 4.70. The summed E-state index contributed by atoms with van der Waals surface area (Å²) in [4.78, 5) is 11.7. The summed E-state index contributed by atoms with van der Waals surface area (Å²) in [5, 5.41) is 9.08. The molecular formula is C11H16O2. The van der Waals surface area contributed by atoms with Gasteiger partial charge in [0.05, 0.1) is 6.26 Å². The highest BCUT2D eigenvalue weighted by Crippen LogP contribution is 2.70. The number of allylic oxidation sites excluding steroid dienone is 1. The highest BCUT2D eigenvalue weighted by atomic mass is 16.2. The number of fused-ring (bicyclic) bond motifs is 1. The summed E-state index contributed by atoms with van der Waals surface area (Å²) in [6.45, 7) is 6.25. The van der Waals surface area contributed by atoms with Crippen molar-refractivity contribution in [3.63, 3.8) is 0 Å². The van der Waals surface area contributed by atoms with Gasteiger partial charge in [0.2, 0.25) is 0 Å². The van der Waals surface area contributed by atoms with Crippen molar-refractivity contribution in [1.29, 1.82) is 0 Å². The lowest BCUT2D eigenvalue weighted by Gasteiger charge is -2.17. The van der Waals surface area contributed by atoms with Gasteiger partial charge in [-0.25, -0.2) is 0 Å². The van der Waals surface area contributed by atoms with Gasteiger partial charge in [-0.3, -0.25) is 4.79 Å². The van der Waals surface area contributed by atoms with E-state index in [0.717, 1.165) is 12.7 Å². The molecule has 2 aliphatic carbocycles. The Bertz CT molecular complexity index is 290. The number of rotatable bonds is 1. The van der Waals surface area contributed by atoms with Gasteiger partial charge in [0, 0.05) is 16.9 Å². The van der Waals surface area contributed by atoms with Crippen LogP contribution in [0.3, 0.4) is 0 Å². The van der Waals surface area contributed by atoms with E-state index in [-0.39, 0.29) is 17.1 Å². The molecule has 0 amide bonds. The average molecular weight is 180 g/mol. The van der Waals surface area contributed by atoms with E-state index in [2.05, 4.69) is 13.8 Å². The second-order valence-corrected chi connectivity index (χ2v) is 4.70. The van der Waals surface area contributed by atoms with Gasteiger partial charge in [-0.05, 0) is 18.3 Å². The third-order valence-electron chi connectivity index (χ3n) is 4.00. The minimum Gasteiger partial charge on any atom is -0.515 e. The Morgan fingerprint density at radius 2 is 2.23 bits per heavy atom. The number of carbonyl (C=O) groups excluding carboxylic acids is 1. The molecule has 0 radical (unpaired) electrons. The van der Waals surface area contributed by atoms with Crippen LogP contribution in [-0.4, -0.2) is 10.9 Å². The Morgan fingerprint density at radius 1 is 1.62 bits per heavy atom. The maximum Gasteiger partial charge on any atom is 0.165 e. The Morgan fingerprint density at radius 3 is 2.62 bits per heavy atom. The van der Waals surface area contributed by atoms with Gasteiger partial charge >= 0.3 is 0 Å². The quantitative estimate of drug-likeness (QED) is 0.496. The lowest BCUT2D eigenvalue weighted by atomic mass is 9.86. The molecule has 2 nitrogen and oxygen atoms in total. The minimum atomic E-state index is 0.0330. The fourth-order valence-electron chi connectivity index (χ4n) is 3.05. The van der Waals surface area contributed by atoms with Gasteiger partial charge in [-0.1, -0.05) is 20.8 Å². The van der Waals surface area contributed by atoms with Crippen LogP contribution in [0, 0.1) is 23.2 Å². The Balaban J connectivity index is 2.41. The van der Waals surface area contributed by atoms with Gasteiger partial charge in [-0.2, -0.15) is 0 Å². The molecule has 1 N–H and O–H groups in total. The first-order chi connectivity index (χ1) is 6.05. The molecule has 0 heterocycles. The summed E-state index contributed by atoms with van der Waals surface area (Å²) < 4.78 is 0. The molecule has 3 unspecified atom stereocenters. The van der Waals surface area contributed by atoms with Crippen LogP contribution in [0.4, 0.5) is 0 Å². The van der Waals surface area contributed by atoms with E-state index in [0.29, 0.717) is 17.4 Å². The number of aliphatic hydroxyl groups is 1.